The predicted molar refractivity (Wildman–Crippen MR) is 85.7 cm³/mol. The summed E-state index contributed by atoms with van der Waals surface area (Å²) in [5.74, 6) is 0.175. The Morgan fingerprint density at radius 3 is 2.42 bits per heavy atom. The maximum atomic E-state index is 12.3. The second-order valence-electron chi connectivity index (χ2n) is 4.89. The molecule has 0 saturated heterocycles. The van der Waals surface area contributed by atoms with Crippen molar-refractivity contribution in [3.05, 3.63) is 69.2 Å². The highest BCUT2D eigenvalue weighted by Gasteiger charge is 2.15. The van der Waals surface area contributed by atoms with E-state index in [1.54, 1.807) is 24.3 Å². The van der Waals surface area contributed by atoms with Gasteiger partial charge in [-0.25, -0.2) is 4.68 Å². The number of ketones is 1. The van der Waals surface area contributed by atoms with Gasteiger partial charge in [-0.1, -0.05) is 11.6 Å². The quantitative estimate of drug-likeness (QED) is 0.401. The highest BCUT2D eigenvalue weighted by atomic mass is 35.5. The van der Waals surface area contributed by atoms with Gasteiger partial charge >= 0.3 is 0 Å². The highest BCUT2D eigenvalue weighted by molar-refractivity contribution is 6.30. The van der Waals surface area contributed by atoms with Gasteiger partial charge in [0.25, 0.3) is 5.69 Å². The summed E-state index contributed by atoms with van der Waals surface area (Å²) in [6.07, 6.45) is 0. The van der Waals surface area contributed by atoms with Crippen molar-refractivity contribution in [2.24, 2.45) is 0 Å². The molecule has 120 valence electrons. The zero-order valence-electron chi connectivity index (χ0n) is 12.2. The zero-order chi connectivity index (χ0) is 17.1. The first-order valence-corrected chi connectivity index (χ1v) is 7.22. The maximum Gasteiger partial charge on any atom is 0.269 e. The second-order valence-corrected chi connectivity index (χ2v) is 5.33. The van der Waals surface area contributed by atoms with Crippen molar-refractivity contribution >= 4 is 23.1 Å². The van der Waals surface area contributed by atoms with Crippen LogP contribution >= 0.6 is 11.6 Å². The number of halogens is 1. The first-order valence-electron chi connectivity index (χ1n) is 6.84. The van der Waals surface area contributed by atoms with Gasteiger partial charge in [0.2, 0.25) is 0 Å². The van der Waals surface area contributed by atoms with Gasteiger partial charge in [0.15, 0.2) is 11.6 Å². The van der Waals surface area contributed by atoms with Crippen LogP contribution in [0.4, 0.5) is 5.69 Å². The van der Waals surface area contributed by atoms with Gasteiger partial charge in [-0.2, -0.15) is 0 Å². The molecule has 24 heavy (non-hydrogen) atoms. The third-order valence-corrected chi connectivity index (χ3v) is 3.58. The summed E-state index contributed by atoms with van der Waals surface area (Å²) in [6, 6.07) is 12.3. The lowest BCUT2D eigenvalue weighted by Crippen LogP contribution is -2.13. The molecular formula is C15H10ClN5O3. The van der Waals surface area contributed by atoms with Crippen LogP contribution in [0.3, 0.4) is 0 Å². The van der Waals surface area contributed by atoms with E-state index >= 15 is 0 Å². The Labute approximate surface area is 140 Å². The van der Waals surface area contributed by atoms with E-state index in [2.05, 4.69) is 15.5 Å². The van der Waals surface area contributed by atoms with Crippen LogP contribution in [0.1, 0.15) is 10.4 Å². The van der Waals surface area contributed by atoms with Crippen LogP contribution in [0.2, 0.25) is 5.02 Å². The maximum absolute atomic E-state index is 12.3. The number of hydrogen-bond acceptors (Lipinski definition) is 6. The Morgan fingerprint density at radius 1 is 1.12 bits per heavy atom. The molecule has 8 nitrogen and oxygen atoms in total. The van der Waals surface area contributed by atoms with Crippen molar-refractivity contribution in [1.82, 2.24) is 20.2 Å². The number of carbonyl (C=O) groups is 1. The fourth-order valence-electron chi connectivity index (χ4n) is 2.11. The first-order chi connectivity index (χ1) is 11.5. The van der Waals surface area contributed by atoms with Crippen LogP contribution in [0.25, 0.3) is 11.4 Å². The van der Waals surface area contributed by atoms with Crippen LogP contribution in [-0.4, -0.2) is 30.9 Å². The molecule has 1 heterocycles. The van der Waals surface area contributed by atoms with Crippen LogP contribution in [0.5, 0.6) is 0 Å². The minimum Gasteiger partial charge on any atom is -0.292 e. The van der Waals surface area contributed by atoms with Crippen molar-refractivity contribution in [3.63, 3.8) is 0 Å². The van der Waals surface area contributed by atoms with E-state index in [9.17, 15) is 14.9 Å². The molecule has 0 saturated carbocycles. The molecule has 0 atom stereocenters. The zero-order valence-corrected chi connectivity index (χ0v) is 12.9. The van der Waals surface area contributed by atoms with E-state index in [-0.39, 0.29) is 18.0 Å². The molecule has 0 amide bonds. The van der Waals surface area contributed by atoms with Gasteiger partial charge in [-0.05, 0) is 46.8 Å². The molecule has 0 aliphatic carbocycles. The number of nitro benzene ring substituents is 1. The largest absolute Gasteiger partial charge is 0.292 e. The van der Waals surface area contributed by atoms with Crippen LogP contribution in [0.15, 0.2) is 48.5 Å². The van der Waals surface area contributed by atoms with Gasteiger partial charge < -0.3 is 0 Å². The Kier molecular flexibility index (Phi) is 4.30. The Balaban J connectivity index is 1.81. The number of nitrogens with zero attached hydrogens (tertiary/aromatic N) is 5. The number of benzene rings is 2. The Morgan fingerprint density at radius 2 is 1.79 bits per heavy atom. The van der Waals surface area contributed by atoms with E-state index in [0.717, 1.165) is 5.56 Å². The highest BCUT2D eigenvalue weighted by Crippen LogP contribution is 2.19. The summed E-state index contributed by atoms with van der Waals surface area (Å²) in [5, 5.41) is 22.6. The van der Waals surface area contributed by atoms with E-state index in [0.29, 0.717) is 16.4 Å². The van der Waals surface area contributed by atoms with Crippen LogP contribution in [0, 0.1) is 10.1 Å². The number of rotatable bonds is 5. The van der Waals surface area contributed by atoms with E-state index in [1.807, 2.05) is 0 Å². The van der Waals surface area contributed by atoms with Crippen molar-refractivity contribution < 1.29 is 9.72 Å². The molecule has 9 heteroatoms. The SMILES string of the molecule is O=C(Cn1nnnc1-c1ccc(Cl)cc1)c1ccc([N+](=O)[O-])cc1. The van der Waals surface area contributed by atoms with Gasteiger partial charge in [0.1, 0.15) is 6.54 Å². The number of carbonyl (C=O) groups excluding carboxylic acids is 1. The topological polar surface area (TPSA) is 104 Å². The predicted octanol–water partition coefficient (Wildman–Crippen LogP) is 2.78. The molecule has 0 spiro atoms. The molecule has 0 aliphatic rings. The van der Waals surface area contributed by atoms with Gasteiger partial charge in [0.05, 0.1) is 4.92 Å². The molecule has 0 fully saturated rings. The Bertz CT molecular complexity index is 890. The van der Waals surface area contributed by atoms with E-state index < -0.39 is 4.92 Å². The van der Waals surface area contributed by atoms with Crippen molar-refractivity contribution in [2.75, 3.05) is 0 Å². The number of aromatic nitrogens is 4. The first kappa shape index (κ1) is 15.8. The summed E-state index contributed by atoms with van der Waals surface area (Å²) >= 11 is 5.85. The lowest BCUT2D eigenvalue weighted by Gasteiger charge is -2.04. The standard InChI is InChI=1S/C15H10ClN5O3/c16-12-5-1-11(2-6-12)15-17-18-19-20(15)9-14(22)10-3-7-13(8-4-10)21(23)24/h1-8H,9H2. The summed E-state index contributed by atoms with van der Waals surface area (Å²) in [7, 11) is 0. The van der Waals surface area contributed by atoms with Crippen LogP contribution < -0.4 is 0 Å². The van der Waals surface area contributed by atoms with Gasteiger partial charge in [0, 0.05) is 28.3 Å². The summed E-state index contributed by atoms with van der Waals surface area (Å²) in [4.78, 5) is 22.4. The fraction of sp³-hybridized carbons (Fsp3) is 0.0667. The minimum atomic E-state index is -0.520. The molecule has 3 rings (SSSR count). The third-order valence-electron chi connectivity index (χ3n) is 3.33. The average Bonchev–Trinajstić information content (AvgIpc) is 3.03. The lowest BCUT2D eigenvalue weighted by molar-refractivity contribution is -0.384. The normalized spacial score (nSPS) is 10.5. The van der Waals surface area contributed by atoms with Crippen molar-refractivity contribution in [3.8, 4) is 11.4 Å². The Hall–Kier alpha value is -3.13. The number of hydrogen-bond donors (Lipinski definition) is 0. The molecule has 0 unspecified atom stereocenters. The molecule has 3 aromatic rings. The molecule has 0 N–H and O–H groups in total. The fourth-order valence-corrected chi connectivity index (χ4v) is 2.24. The molecule has 0 radical (unpaired) electrons. The summed E-state index contributed by atoms with van der Waals surface area (Å²) in [6.45, 7) is -0.0806. The lowest BCUT2D eigenvalue weighted by atomic mass is 10.1. The number of nitro groups is 1. The third kappa shape index (κ3) is 3.28. The van der Waals surface area contributed by atoms with Crippen molar-refractivity contribution in [2.45, 2.75) is 6.54 Å². The number of Topliss-reactive ketones (excluding diaryl/α,β-unsaturated/α-hetero) is 1. The smallest absolute Gasteiger partial charge is 0.269 e. The average molecular weight is 344 g/mol. The number of non-ortho nitro benzene ring substituents is 1. The summed E-state index contributed by atoms with van der Waals surface area (Å²) < 4.78 is 1.37. The van der Waals surface area contributed by atoms with Gasteiger partial charge in [-0.15, -0.1) is 5.10 Å². The molecule has 0 aliphatic heterocycles. The summed E-state index contributed by atoms with van der Waals surface area (Å²) in [5.41, 5.74) is 0.995. The monoisotopic (exact) mass is 343 g/mol. The van der Waals surface area contributed by atoms with E-state index in [4.69, 9.17) is 11.6 Å². The molecule has 2 aromatic carbocycles. The second kappa shape index (κ2) is 6.55. The number of tetrazole rings is 1. The molecule has 1 aromatic heterocycles. The van der Waals surface area contributed by atoms with Crippen molar-refractivity contribution in [1.29, 1.82) is 0 Å². The molecule has 0 bridgehead atoms. The van der Waals surface area contributed by atoms with E-state index in [1.165, 1.54) is 28.9 Å². The van der Waals surface area contributed by atoms with Gasteiger partial charge in [-0.3, -0.25) is 14.9 Å². The minimum absolute atomic E-state index is 0.0733. The molecular weight excluding hydrogens is 334 g/mol. The van der Waals surface area contributed by atoms with Crippen LogP contribution in [-0.2, 0) is 6.54 Å².